The van der Waals surface area contributed by atoms with Crippen LogP contribution in [0.15, 0.2) is 42.5 Å². The minimum atomic E-state index is -1.04. The van der Waals surface area contributed by atoms with E-state index in [1.807, 2.05) is 13.0 Å². The van der Waals surface area contributed by atoms with Gasteiger partial charge in [-0.3, -0.25) is 4.79 Å². The topological polar surface area (TPSA) is 79.3 Å². The Morgan fingerprint density at radius 3 is 2.60 bits per heavy atom. The number of nitrogens with one attached hydrogen (secondary N) is 1. The lowest BCUT2D eigenvalue weighted by atomic mass is 10.0. The van der Waals surface area contributed by atoms with E-state index in [4.69, 9.17) is 5.11 Å². The van der Waals surface area contributed by atoms with Crippen LogP contribution in [0.1, 0.15) is 21.6 Å². The number of amides is 1. The van der Waals surface area contributed by atoms with Gasteiger partial charge in [0.2, 0.25) is 5.91 Å². The molecule has 0 aliphatic rings. The summed E-state index contributed by atoms with van der Waals surface area (Å²) >= 11 is 0. The standard InChI is InChI=1S/C15H14N2O3/c1-10-5-4-8-13(16-10)17-14(18)9-11-6-2-3-7-12(11)15(19)20/h2-8H,9H2,1H3,(H,19,20)(H,16,17,18). The summed E-state index contributed by atoms with van der Waals surface area (Å²) in [5.41, 5.74) is 1.42. The number of pyridine rings is 1. The van der Waals surface area contributed by atoms with Crippen LogP contribution in [0.2, 0.25) is 0 Å². The number of carboxylic acid groups (broad SMARTS) is 1. The fraction of sp³-hybridized carbons (Fsp3) is 0.133. The van der Waals surface area contributed by atoms with Crippen LogP contribution >= 0.6 is 0 Å². The van der Waals surface area contributed by atoms with Crippen molar-refractivity contribution >= 4 is 17.7 Å². The lowest BCUT2D eigenvalue weighted by molar-refractivity contribution is -0.115. The Kier molecular flexibility index (Phi) is 4.10. The molecule has 2 N–H and O–H groups in total. The number of carbonyl (C=O) groups is 2. The van der Waals surface area contributed by atoms with Crippen molar-refractivity contribution in [2.45, 2.75) is 13.3 Å². The molecular formula is C15H14N2O3. The highest BCUT2D eigenvalue weighted by molar-refractivity contribution is 5.95. The second-order valence-corrected chi connectivity index (χ2v) is 4.35. The molecule has 0 unspecified atom stereocenters. The summed E-state index contributed by atoms with van der Waals surface area (Å²) in [6.45, 7) is 1.83. The molecule has 5 heteroatoms. The Bertz CT molecular complexity index is 653. The maximum atomic E-state index is 11.9. The number of anilines is 1. The molecule has 0 atom stereocenters. The van der Waals surface area contributed by atoms with Crippen LogP contribution in [0.4, 0.5) is 5.82 Å². The average Bonchev–Trinajstić information content (AvgIpc) is 2.38. The van der Waals surface area contributed by atoms with E-state index in [2.05, 4.69) is 10.3 Å². The third kappa shape index (κ3) is 3.41. The summed E-state index contributed by atoms with van der Waals surface area (Å²) in [6.07, 6.45) is -0.00189. The molecule has 0 aliphatic carbocycles. The van der Waals surface area contributed by atoms with Crippen molar-refractivity contribution in [2.24, 2.45) is 0 Å². The number of hydrogen-bond acceptors (Lipinski definition) is 3. The Labute approximate surface area is 116 Å². The van der Waals surface area contributed by atoms with E-state index < -0.39 is 5.97 Å². The maximum Gasteiger partial charge on any atom is 0.335 e. The molecule has 1 aromatic carbocycles. The number of aromatic carboxylic acids is 1. The van der Waals surface area contributed by atoms with E-state index in [1.54, 1.807) is 30.3 Å². The molecule has 0 fully saturated rings. The predicted octanol–water partition coefficient (Wildman–Crippen LogP) is 2.27. The van der Waals surface area contributed by atoms with Gasteiger partial charge in [-0.15, -0.1) is 0 Å². The van der Waals surface area contributed by atoms with Crippen molar-refractivity contribution in [3.63, 3.8) is 0 Å². The molecule has 0 spiro atoms. The third-order valence-electron chi connectivity index (χ3n) is 2.75. The summed E-state index contributed by atoms with van der Waals surface area (Å²) in [7, 11) is 0. The number of benzene rings is 1. The second-order valence-electron chi connectivity index (χ2n) is 4.35. The van der Waals surface area contributed by atoms with E-state index in [1.165, 1.54) is 6.07 Å². The van der Waals surface area contributed by atoms with Gasteiger partial charge in [0.25, 0.3) is 0 Å². The van der Waals surface area contributed by atoms with Crippen LogP contribution in [0.25, 0.3) is 0 Å². The molecule has 0 saturated carbocycles. The van der Waals surface area contributed by atoms with Crippen molar-refractivity contribution in [1.29, 1.82) is 0 Å². The minimum Gasteiger partial charge on any atom is -0.478 e. The van der Waals surface area contributed by atoms with E-state index in [0.29, 0.717) is 11.4 Å². The molecule has 102 valence electrons. The number of hydrogen-bond donors (Lipinski definition) is 2. The molecule has 0 aliphatic heterocycles. The quantitative estimate of drug-likeness (QED) is 0.893. The monoisotopic (exact) mass is 270 g/mol. The molecule has 1 heterocycles. The Hall–Kier alpha value is -2.69. The highest BCUT2D eigenvalue weighted by Crippen LogP contribution is 2.11. The fourth-order valence-electron chi connectivity index (χ4n) is 1.86. The molecule has 20 heavy (non-hydrogen) atoms. The van der Waals surface area contributed by atoms with E-state index in [9.17, 15) is 9.59 Å². The van der Waals surface area contributed by atoms with Gasteiger partial charge in [0.1, 0.15) is 5.82 Å². The van der Waals surface area contributed by atoms with Gasteiger partial charge in [-0.05, 0) is 30.7 Å². The van der Waals surface area contributed by atoms with Gasteiger partial charge in [0, 0.05) is 5.69 Å². The second kappa shape index (κ2) is 5.97. The highest BCUT2D eigenvalue weighted by Gasteiger charge is 2.12. The molecule has 1 amide bonds. The zero-order valence-electron chi connectivity index (χ0n) is 11.0. The van der Waals surface area contributed by atoms with Crippen molar-refractivity contribution in [3.8, 4) is 0 Å². The first-order chi connectivity index (χ1) is 9.56. The zero-order chi connectivity index (χ0) is 14.5. The van der Waals surface area contributed by atoms with Crippen molar-refractivity contribution in [1.82, 2.24) is 4.98 Å². The number of carboxylic acids is 1. The summed E-state index contributed by atoms with van der Waals surface area (Å²) in [5, 5.41) is 11.7. The molecular weight excluding hydrogens is 256 g/mol. The predicted molar refractivity (Wildman–Crippen MR) is 74.7 cm³/mol. The van der Waals surface area contributed by atoms with Gasteiger partial charge in [-0.2, -0.15) is 0 Å². The summed E-state index contributed by atoms with van der Waals surface area (Å²) in [5.74, 6) is -0.873. The molecule has 0 radical (unpaired) electrons. The van der Waals surface area contributed by atoms with Crippen molar-refractivity contribution in [2.75, 3.05) is 5.32 Å². The highest BCUT2D eigenvalue weighted by atomic mass is 16.4. The largest absolute Gasteiger partial charge is 0.478 e. The first-order valence-electron chi connectivity index (χ1n) is 6.11. The Morgan fingerprint density at radius 2 is 1.90 bits per heavy atom. The van der Waals surface area contributed by atoms with Gasteiger partial charge in [0.15, 0.2) is 0 Å². The fourth-order valence-corrected chi connectivity index (χ4v) is 1.86. The number of nitrogens with zero attached hydrogens (tertiary/aromatic N) is 1. The average molecular weight is 270 g/mol. The number of rotatable bonds is 4. The van der Waals surface area contributed by atoms with Crippen LogP contribution in [-0.4, -0.2) is 22.0 Å². The van der Waals surface area contributed by atoms with E-state index >= 15 is 0 Å². The zero-order valence-corrected chi connectivity index (χ0v) is 11.0. The normalized spacial score (nSPS) is 10.1. The van der Waals surface area contributed by atoms with Crippen LogP contribution in [0, 0.1) is 6.92 Å². The van der Waals surface area contributed by atoms with Gasteiger partial charge in [0.05, 0.1) is 12.0 Å². The van der Waals surface area contributed by atoms with Crippen molar-refractivity contribution < 1.29 is 14.7 Å². The van der Waals surface area contributed by atoms with Crippen LogP contribution < -0.4 is 5.32 Å². The first-order valence-corrected chi connectivity index (χ1v) is 6.11. The van der Waals surface area contributed by atoms with Gasteiger partial charge < -0.3 is 10.4 Å². The summed E-state index contributed by atoms with van der Waals surface area (Å²) in [4.78, 5) is 27.2. The molecule has 1 aromatic heterocycles. The molecule has 2 rings (SSSR count). The van der Waals surface area contributed by atoms with Crippen molar-refractivity contribution in [3.05, 3.63) is 59.3 Å². The number of carbonyl (C=O) groups excluding carboxylic acids is 1. The Balaban J connectivity index is 2.11. The summed E-state index contributed by atoms with van der Waals surface area (Å²) in [6, 6.07) is 11.8. The molecule has 0 bridgehead atoms. The first kappa shape index (κ1) is 13.7. The lowest BCUT2D eigenvalue weighted by Gasteiger charge is -2.07. The molecule has 0 saturated heterocycles. The number of aryl methyl sites for hydroxylation is 1. The molecule has 2 aromatic rings. The third-order valence-corrected chi connectivity index (χ3v) is 2.75. The van der Waals surface area contributed by atoms with E-state index in [0.717, 1.165) is 5.69 Å². The SMILES string of the molecule is Cc1cccc(NC(=O)Cc2ccccc2C(=O)O)n1. The minimum absolute atomic E-state index is 0.00189. The van der Waals surface area contributed by atoms with Crippen LogP contribution in [0.3, 0.4) is 0 Å². The lowest BCUT2D eigenvalue weighted by Crippen LogP contribution is -2.17. The van der Waals surface area contributed by atoms with E-state index in [-0.39, 0.29) is 17.9 Å². The van der Waals surface area contributed by atoms with Crippen LogP contribution in [0.5, 0.6) is 0 Å². The summed E-state index contributed by atoms with van der Waals surface area (Å²) < 4.78 is 0. The maximum absolute atomic E-state index is 11.9. The van der Waals surface area contributed by atoms with Crippen LogP contribution in [-0.2, 0) is 11.2 Å². The van der Waals surface area contributed by atoms with Gasteiger partial charge in [-0.25, -0.2) is 9.78 Å². The smallest absolute Gasteiger partial charge is 0.335 e. The van der Waals surface area contributed by atoms with Gasteiger partial charge in [-0.1, -0.05) is 24.3 Å². The number of aromatic nitrogens is 1. The van der Waals surface area contributed by atoms with Gasteiger partial charge >= 0.3 is 5.97 Å². The molecule has 5 nitrogen and oxygen atoms in total. The Morgan fingerprint density at radius 1 is 1.15 bits per heavy atom.